The Morgan fingerprint density at radius 1 is 1.12 bits per heavy atom. The number of aryl methyl sites for hydroxylation is 1. The van der Waals surface area contributed by atoms with Crippen molar-refractivity contribution in [2.45, 2.75) is 24.2 Å². The fourth-order valence-corrected chi connectivity index (χ4v) is 2.47. The van der Waals surface area contributed by atoms with E-state index in [0.29, 0.717) is 6.54 Å². The highest BCUT2D eigenvalue weighted by molar-refractivity contribution is 7.98. The Bertz CT molecular complexity index is 483. The second kappa shape index (κ2) is 5.84. The van der Waals surface area contributed by atoms with Gasteiger partial charge < -0.3 is 5.73 Å². The van der Waals surface area contributed by atoms with Crippen LogP contribution in [0.4, 0.5) is 0 Å². The molecule has 1 aromatic heterocycles. The Morgan fingerprint density at radius 3 is 2.53 bits per heavy atom. The number of nitrogens with two attached hydrogens (primary N) is 1. The van der Waals surface area contributed by atoms with E-state index in [0.717, 1.165) is 22.0 Å². The first-order chi connectivity index (χ1) is 8.29. The van der Waals surface area contributed by atoms with Gasteiger partial charge >= 0.3 is 0 Å². The highest BCUT2D eigenvalue weighted by atomic mass is 32.2. The van der Waals surface area contributed by atoms with Gasteiger partial charge in [-0.2, -0.15) is 0 Å². The molecule has 0 bridgehead atoms. The monoisotopic (exact) mass is 244 g/mol. The molecule has 0 aliphatic rings. The quantitative estimate of drug-likeness (QED) is 0.840. The summed E-state index contributed by atoms with van der Waals surface area (Å²) in [5, 5.41) is 1.06. The fraction of sp³-hybridized carbons (Fsp3) is 0.214. The number of pyridine rings is 1. The molecular weight excluding hydrogens is 228 g/mol. The summed E-state index contributed by atoms with van der Waals surface area (Å²) in [7, 11) is 0. The molecule has 1 heterocycles. The van der Waals surface area contributed by atoms with E-state index >= 15 is 0 Å². The average molecular weight is 244 g/mol. The molecule has 17 heavy (non-hydrogen) atoms. The van der Waals surface area contributed by atoms with Crippen molar-refractivity contribution in [2.75, 3.05) is 0 Å². The molecular formula is C14H16N2S. The number of hydrogen-bond acceptors (Lipinski definition) is 3. The van der Waals surface area contributed by atoms with Crippen molar-refractivity contribution in [1.29, 1.82) is 0 Å². The zero-order valence-electron chi connectivity index (χ0n) is 9.89. The Morgan fingerprint density at radius 2 is 1.88 bits per heavy atom. The molecule has 0 spiro atoms. The summed E-state index contributed by atoms with van der Waals surface area (Å²) in [6.45, 7) is 2.57. The Kier molecular flexibility index (Phi) is 4.18. The number of aromatic nitrogens is 1. The summed E-state index contributed by atoms with van der Waals surface area (Å²) < 4.78 is 0. The molecule has 0 unspecified atom stereocenters. The molecule has 0 amide bonds. The topological polar surface area (TPSA) is 38.9 Å². The summed E-state index contributed by atoms with van der Waals surface area (Å²) in [5.74, 6) is 0.954. The molecule has 3 heteroatoms. The van der Waals surface area contributed by atoms with Gasteiger partial charge in [-0.1, -0.05) is 36.4 Å². The maximum atomic E-state index is 5.62. The third kappa shape index (κ3) is 3.32. The van der Waals surface area contributed by atoms with Crippen molar-refractivity contribution in [2.24, 2.45) is 5.73 Å². The van der Waals surface area contributed by atoms with Crippen LogP contribution < -0.4 is 5.73 Å². The molecule has 2 N–H and O–H groups in total. The molecule has 0 radical (unpaired) electrons. The number of benzene rings is 1. The van der Waals surface area contributed by atoms with Crippen LogP contribution >= 0.6 is 11.8 Å². The maximum Gasteiger partial charge on any atom is 0.0966 e. The molecule has 2 aromatic rings. The normalized spacial score (nSPS) is 10.5. The number of nitrogens with zero attached hydrogens (tertiary/aromatic N) is 1. The molecule has 1 aromatic carbocycles. The third-order valence-corrected chi connectivity index (χ3v) is 3.62. The molecule has 0 saturated carbocycles. The van der Waals surface area contributed by atoms with Gasteiger partial charge in [-0.15, -0.1) is 11.8 Å². The van der Waals surface area contributed by atoms with E-state index in [1.54, 1.807) is 11.8 Å². The SMILES string of the molecule is Cc1nc(SCc2ccccc2)ccc1CN. The first-order valence-electron chi connectivity index (χ1n) is 5.63. The summed E-state index contributed by atoms with van der Waals surface area (Å²) in [6, 6.07) is 14.5. The van der Waals surface area contributed by atoms with Gasteiger partial charge in [-0.05, 0) is 24.1 Å². The third-order valence-electron chi connectivity index (χ3n) is 2.62. The van der Waals surface area contributed by atoms with Crippen LogP contribution in [0, 0.1) is 6.92 Å². The molecule has 0 fully saturated rings. The largest absolute Gasteiger partial charge is 0.326 e. The number of hydrogen-bond donors (Lipinski definition) is 1. The van der Waals surface area contributed by atoms with Crippen molar-refractivity contribution in [1.82, 2.24) is 4.98 Å². The minimum atomic E-state index is 0.558. The highest BCUT2D eigenvalue weighted by Crippen LogP contribution is 2.21. The molecule has 88 valence electrons. The summed E-state index contributed by atoms with van der Waals surface area (Å²) in [6.07, 6.45) is 0. The molecule has 2 rings (SSSR count). The lowest BCUT2D eigenvalue weighted by molar-refractivity contribution is 0.964. The molecule has 0 atom stereocenters. The predicted octanol–water partition coefficient (Wildman–Crippen LogP) is 3.14. The van der Waals surface area contributed by atoms with Gasteiger partial charge in [0.2, 0.25) is 0 Å². The van der Waals surface area contributed by atoms with Crippen LogP contribution in [0.15, 0.2) is 47.5 Å². The highest BCUT2D eigenvalue weighted by Gasteiger charge is 2.01. The lowest BCUT2D eigenvalue weighted by atomic mass is 10.2. The van der Waals surface area contributed by atoms with Gasteiger partial charge in [-0.3, -0.25) is 0 Å². The molecule has 0 saturated heterocycles. The van der Waals surface area contributed by atoms with E-state index in [4.69, 9.17) is 5.73 Å². The summed E-state index contributed by atoms with van der Waals surface area (Å²) >= 11 is 1.75. The second-order valence-corrected chi connectivity index (χ2v) is 4.87. The van der Waals surface area contributed by atoms with Crippen molar-refractivity contribution in [3.63, 3.8) is 0 Å². The van der Waals surface area contributed by atoms with Crippen LogP contribution in [-0.2, 0) is 12.3 Å². The Balaban J connectivity index is 2.02. The smallest absolute Gasteiger partial charge is 0.0966 e. The van der Waals surface area contributed by atoms with Crippen molar-refractivity contribution in [3.05, 3.63) is 59.3 Å². The van der Waals surface area contributed by atoms with E-state index in [2.05, 4.69) is 35.3 Å². The van der Waals surface area contributed by atoms with Crippen molar-refractivity contribution >= 4 is 11.8 Å². The first kappa shape index (κ1) is 12.1. The molecule has 0 aliphatic carbocycles. The van der Waals surface area contributed by atoms with Crippen molar-refractivity contribution < 1.29 is 0 Å². The van der Waals surface area contributed by atoms with Crippen LogP contribution in [0.5, 0.6) is 0 Å². The lowest BCUT2D eigenvalue weighted by Crippen LogP contribution is -2.01. The van der Waals surface area contributed by atoms with Gasteiger partial charge in [0.25, 0.3) is 0 Å². The van der Waals surface area contributed by atoms with Gasteiger partial charge in [0.1, 0.15) is 0 Å². The fourth-order valence-electron chi connectivity index (χ4n) is 1.59. The predicted molar refractivity (Wildman–Crippen MR) is 72.9 cm³/mol. The maximum absolute atomic E-state index is 5.62. The van der Waals surface area contributed by atoms with E-state index < -0.39 is 0 Å². The zero-order chi connectivity index (χ0) is 12.1. The zero-order valence-corrected chi connectivity index (χ0v) is 10.7. The van der Waals surface area contributed by atoms with Gasteiger partial charge in [0, 0.05) is 18.0 Å². The minimum absolute atomic E-state index is 0.558. The first-order valence-corrected chi connectivity index (χ1v) is 6.61. The minimum Gasteiger partial charge on any atom is -0.326 e. The van der Waals surface area contributed by atoms with E-state index in [-0.39, 0.29) is 0 Å². The van der Waals surface area contributed by atoms with Gasteiger partial charge in [-0.25, -0.2) is 4.98 Å². The molecule has 0 aliphatic heterocycles. The average Bonchev–Trinajstić information content (AvgIpc) is 2.38. The van der Waals surface area contributed by atoms with E-state index in [9.17, 15) is 0 Å². The van der Waals surface area contributed by atoms with Crippen LogP contribution in [-0.4, -0.2) is 4.98 Å². The van der Waals surface area contributed by atoms with Crippen LogP contribution in [0.1, 0.15) is 16.8 Å². The van der Waals surface area contributed by atoms with Crippen LogP contribution in [0.25, 0.3) is 0 Å². The Hall–Kier alpha value is -1.32. The van der Waals surface area contributed by atoms with Crippen molar-refractivity contribution in [3.8, 4) is 0 Å². The molecule has 2 nitrogen and oxygen atoms in total. The summed E-state index contributed by atoms with van der Waals surface area (Å²) in [5.41, 5.74) is 9.09. The Labute approximate surface area is 106 Å². The standard InChI is InChI=1S/C14H16N2S/c1-11-13(9-15)7-8-14(16-11)17-10-12-5-3-2-4-6-12/h2-8H,9-10,15H2,1H3. The lowest BCUT2D eigenvalue weighted by Gasteiger charge is -2.05. The summed E-state index contributed by atoms with van der Waals surface area (Å²) in [4.78, 5) is 4.54. The van der Waals surface area contributed by atoms with Gasteiger partial charge in [0.15, 0.2) is 0 Å². The number of thioether (sulfide) groups is 1. The van der Waals surface area contributed by atoms with Gasteiger partial charge in [0.05, 0.1) is 5.03 Å². The van der Waals surface area contributed by atoms with E-state index in [1.807, 2.05) is 19.1 Å². The van der Waals surface area contributed by atoms with Crippen LogP contribution in [0.3, 0.4) is 0 Å². The second-order valence-electron chi connectivity index (χ2n) is 3.87. The number of rotatable bonds is 4. The van der Waals surface area contributed by atoms with Crippen LogP contribution in [0.2, 0.25) is 0 Å². The van der Waals surface area contributed by atoms with E-state index in [1.165, 1.54) is 5.56 Å².